The van der Waals surface area contributed by atoms with E-state index in [2.05, 4.69) is 0 Å². The molecule has 1 saturated heterocycles. The standard InChI is InChI=1S/C25H26O12/c1-10-18(28)17-19(29)12(4-11-2-3-14-15(5-11)35-9-34-14)8-33-24(17)13(6-26)23(10)37-25-22(32)21(31)20(30)16(7-27)36-25/h2-3,5-6,12,16,20-22,25,27-28,30-32H,4,7-9H2,1H3/t12-,16-,20-,21+,22-,25+/m1/s1. The summed E-state index contributed by atoms with van der Waals surface area (Å²) < 4.78 is 27.5. The van der Waals surface area contributed by atoms with Gasteiger partial charge in [0.2, 0.25) is 13.1 Å². The number of ketones is 1. The highest BCUT2D eigenvalue weighted by Crippen LogP contribution is 2.46. The lowest BCUT2D eigenvalue weighted by atomic mass is 9.86. The van der Waals surface area contributed by atoms with Crippen molar-refractivity contribution in [3.8, 4) is 28.7 Å². The summed E-state index contributed by atoms with van der Waals surface area (Å²) in [5, 5.41) is 50.7. The van der Waals surface area contributed by atoms with Crippen LogP contribution in [0.3, 0.4) is 0 Å². The monoisotopic (exact) mass is 518 g/mol. The molecule has 3 aliphatic heterocycles. The first-order chi connectivity index (χ1) is 17.7. The Morgan fingerprint density at radius 2 is 1.84 bits per heavy atom. The van der Waals surface area contributed by atoms with Crippen molar-refractivity contribution in [2.24, 2.45) is 5.92 Å². The van der Waals surface area contributed by atoms with E-state index in [-0.39, 0.29) is 48.0 Å². The Morgan fingerprint density at radius 3 is 2.57 bits per heavy atom. The van der Waals surface area contributed by atoms with Crippen LogP contribution in [0.2, 0.25) is 0 Å². The summed E-state index contributed by atoms with van der Waals surface area (Å²) in [6.07, 6.45) is -7.25. The average molecular weight is 518 g/mol. The molecule has 3 aliphatic rings. The SMILES string of the molecule is Cc1c(O)c2c(c(C=O)c1O[C@@H]1O[C@H](CO)[C@@H](O)[C@H](O)[C@H]1O)OC[C@@H](Cc1ccc3c(c1)OCO3)C2=O. The van der Waals surface area contributed by atoms with Gasteiger partial charge in [-0.3, -0.25) is 9.59 Å². The number of carbonyl (C=O) groups excluding carboxylic acids is 2. The molecule has 12 nitrogen and oxygen atoms in total. The number of ether oxygens (including phenoxy) is 5. The van der Waals surface area contributed by atoms with Crippen molar-refractivity contribution in [1.82, 2.24) is 0 Å². The fourth-order valence-corrected chi connectivity index (χ4v) is 4.73. The van der Waals surface area contributed by atoms with Crippen molar-refractivity contribution in [3.63, 3.8) is 0 Å². The highest BCUT2D eigenvalue weighted by Gasteiger charge is 2.46. The molecule has 5 rings (SSSR count). The van der Waals surface area contributed by atoms with Gasteiger partial charge in [-0.1, -0.05) is 6.07 Å². The molecule has 0 saturated carbocycles. The summed E-state index contributed by atoms with van der Waals surface area (Å²) in [5.74, 6) is -0.796. The Morgan fingerprint density at radius 1 is 1.08 bits per heavy atom. The molecule has 0 aliphatic carbocycles. The van der Waals surface area contributed by atoms with Crippen molar-refractivity contribution in [1.29, 1.82) is 0 Å². The third-order valence-corrected chi connectivity index (χ3v) is 6.81. The summed E-state index contributed by atoms with van der Waals surface area (Å²) in [5.41, 5.74) is 0.428. The Balaban J connectivity index is 1.44. The fraction of sp³-hybridized carbons (Fsp3) is 0.440. The molecule has 2 aromatic rings. The zero-order chi connectivity index (χ0) is 26.4. The summed E-state index contributed by atoms with van der Waals surface area (Å²) in [6.45, 7) is 0.759. The van der Waals surface area contributed by atoms with Gasteiger partial charge >= 0.3 is 0 Å². The molecule has 0 unspecified atom stereocenters. The normalized spacial score (nSPS) is 28.4. The second kappa shape index (κ2) is 9.80. The van der Waals surface area contributed by atoms with Crippen LogP contribution >= 0.6 is 0 Å². The lowest BCUT2D eigenvalue weighted by Gasteiger charge is -2.40. The molecule has 5 N–H and O–H groups in total. The van der Waals surface area contributed by atoms with Gasteiger partial charge in [-0.15, -0.1) is 0 Å². The number of hydrogen-bond donors (Lipinski definition) is 5. The molecule has 0 amide bonds. The van der Waals surface area contributed by atoms with E-state index in [9.17, 15) is 35.1 Å². The van der Waals surface area contributed by atoms with Crippen molar-refractivity contribution < 1.29 is 58.8 Å². The zero-order valence-corrected chi connectivity index (χ0v) is 19.7. The van der Waals surface area contributed by atoms with Gasteiger partial charge in [0.05, 0.1) is 24.7 Å². The van der Waals surface area contributed by atoms with E-state index in [0.29, 0.717) is 17.8 Å². The molecule has 6 atom stereocenters. The molecule has 198 valence electrons. The second-order valence-corrected chi connectivity index (χ2v) is 9.12. The number of Topliss-reactive ketones (excluding diaryl/α,β-unsaturated/α-hetero) is 1. The maximum Gasteiger partial charge on any atom is 0.231 e. The number of rotatable bonds is 6. The van der Waals surface area contributed by atoms with Crippen molar-refractivity contribution >= 4 is 12.1 Å². The van der Waals surface area contributed by atoms with E-state index in [1.54, 1.807) is 18.2 Å². The summed E-state index contributed by atoms with van der Waals surface area (Å²) in [7, 11) is 0. The number of hydrogen-bond acceptors (Lipinski definition) is 12. The Kier molecular flexibility index (Phi) is 6.68. The van der Waals surface area contributed by atoms with Gasteiger partial charge in [0.25, 0.3) is 0 Å². The number of phenols is 1. The van der Waals surface area contributed by atoms with Crippen LogP contribution in [0.1, 0.15) is 31.8 Å². The Labute approximate surface area is 210 Å². The van der Waals surface area contributed by atoms with Gasteiger partial charge in [-0.25, -0.2) is 0 Å². The third-order valence-electron chi connectivity index (χ3n) is 6.81. The van der Waals surface area contributed by atoms with Gasteiger partial charge in [-0.2, -0.15) is 0 Å². The Hall–Kier alpha value is -3.42. The first kappa shape index (κ1) is 25.2. The number of aldehydes is 1. The van der Waals surface area contributed by atoms with Crippen LogP contribution in [0.15, 0.2) is 18.2 Å². The van der Waals surface area contributed by atoms with Gasteiger partial charge in [0.1, 0.15) is 47.2 Å². The number of aliphatic hydroxyl groups excluding tert-OH is 4. The lowest BCUT2D eigenvalue weighted by Crippen LogP contribution is -2.60. The van der Waals surface area contributed by atoms with Crippen LogP contribution in [0.4, 0.5) is 0 Å². The van der Waals surface area contributed by atoms with Crippen LogP contribution < -0.4 is 18.9 Å². The zero-order valence-electron chi connectivity index (χ0n) is 19.7. The summed E-state index contributed by atoms with van der Waals surface area (Å²) >= 11 is 0. The molecule has 37 heavy (non-hydrogen) atoms. The molecule has 0 spiro atoms. The van der Waals surface area contributed by atoms with E-state index in [4.69, 9.17) is 23.7 Å². The molecular weight excluding hydrogens is 492 g/mol. The molecule has 2 aromatic carbocycles. The molecule has 0 radical (unpaired) electrons. The number of fused-ring (bicyclic) bond motifs is 2. The number of phenolic OH excluding ortho intramolecular Hbond substituents is 1. The molecular formula is C25H26O12. The van der Waals surface area contributed by atoms with Crippen molar-refractivity contribution in [3.05, 3.63) is 40.5 Å². The minimum atomic E-state index is -1.75. The quantitative estimate of drug-likeness (QED) is 0.320. The van der Waals surface area contributed by atoms with Crippen LogP contribution in [-0.4, -0.2) is 88.3 Å². The molecule has 1 fully saturated rings. The summed E-state index contributed by atoms with van der Waals surface area (Å²) in [6, 6.07) is 5.31. The molecule has 12 heteroatoms. The third kappa shape index (κ3) is 4.26. The van der Waals surface area contributed by atoms with E-state index < -0.39 is 54.8 Å². The van der Waals surface area contributed by atoms with Crippen LogP contribution in [0.25, 0.3) is 0 Å². The number of benzene rings is 2. The first-order valence-electron chi connectivity index (χ1n) is 11.6. The number of aromatic hydroxyl groups is 1. The van der Waals surface area contributed by atoms with Gasteiger partial charge in [0.15, 0.2) is 23.6 Å². The second-order valence-electron chi connectivity index (χ2n) is 9.12. The highest BCUT2D eigenvalue weighted by molar-refractivity contribution is 6.07. The lowest BCUT2D eigenvalue weighted by molar-refractivity contribution is -0.277. The largest absolute Gasteiger partial charge is 0.507 e. The smallest absolute Gasteiger partial charge is 0.231 e. The van der Waals surface area contributed by atoms with E-state index in [1.807, 2.05) is 0 Å². The molecule has 0 bridgehead atoms. The first-order valence-corrected chi connectivity index (χ1v) is 11.6. The minimum absolute atomic E-state index is 0.00140. The van der Waals surface area contributed by atoms with E-state index >= 15 is 0 Å². The number of aliphatic hydroxyl groups is 4. The molecule has 0 aromatic heterocycles. The number of carbonyl (C=O) groups is 2. The van der Waals surface area contributed by atoms with Gasteiger partial charge in [-0.05, 0) is 31.0 Å². The predicted octanol–water partition coefficient (Wildman–Crippen LogP) is -0.145. The van der Waals surface area contributed by atoms with E-state index in [1.165, 1.54) is 6.92 Å². The maximum absolute atomic E-state index is 13.4. The van der Waals surface area contributed by atoms with Gasteiger partial charge < -0.3 is 49.2 Å². The van der Waals surface area contributed by atoms with Gasteiger partial charge in [0, 0.05) is 5.56 Å². The van der Waals surface area contributed by atoms with E-state index in [0.717, 1.165) is 5.56 Å². The average Bonchev–Trinajstić information content (AvgIpc) is 3.36. The maximum atomic E-state index is 13.4. The fourth-order valence-electron chi connectivity index (χ4n) is 4.73. The van der Waals surface area contributed by atoms with Crippen LogP contribution in [0.5, 0.6) is 28.7 Å². The summed E-state index contributed by atoms with van der Waals surface area (Å²) in [4.78, 5) is 25.5. The van der Waals surface area contributed by atoms with Crippen LogP contribution in [0, 0.1) is 12.8 Å². The predicted molar refractivity (Wildman–Crippen MR) is 122 cm³/mol. The minimum Gasteiger partial charge on any atom is -0.507 e. The Bertz CT molecular complexity index is 1220. The molecule has 3 heterocycles. The van der Waals surface area contributed by atoms with Crippen LogP contribution in [-0.2, 0) is 11.2 Å². The topological polar surface area (TPSA) is 181 Å². The van der Waals surface area contributed by atoms with Crippen molar-refractivity contribution in [2.45, 2.75) is 44.1 Å². The highest BCUT2D eigenvalue weighted by atomic mass is 16.7. The van der Waals surface area contributed by atoms with Crippen molar-refractivity contribution in [2.75, 3.05) is 20.0 Å².